The molecule has 0 saturated heterocycles. The van der Waals surface area contributed by atoms with Crippen molar-refractivity contribution in [3.63, 3.8) is 0 Å². The Morgan fingerprint density at radius 3 is 1.49 bits per heavy atom. The highest BCUT2D eigenvalue weighted by molar-refractivity contribution is 7.47. The molecule has 0 spiro atoms. The number of phosphoric ester groups is 1. The molecule has 2 N–H and O–H groups in total. The minimum absolute atomic E-state index is 0.0360. The fourth-order valence-corrected chi connectivity index (χ4v) is 8.30. The van der Waals surface area contributed by atoms with Gasteiger partial charge < -0.3 is 19.4 Å². The number of rotatable bonds is 48. The highest BCUT2D eigenvalue weighted by Crippen LogP contribution is 2.43. The van der Waals surface area contributed by atoms with Crippen LogP contribution >= 0.6 is 7.82 Å². The van der Waals surface area contributed by atoms with Gasteiger partial charge in [-0.15, -0.1) is 0 Å². The molecule has 0 aromatic carbocycles. The smallest absolute Gasteiger partial charge is 0.456 e. The third kappa shape index (κ3) is 46.9. The van der Waals surface area contributed by atoms with E-state index >= 15 is 0 Å². The van der Waals surface area contributed by atoms with Gasteiger partial charge in [-0.1, -0.05) is 192 Å². The maximum Gasteiger partial charge on any atom is 0.472 e. The fraction of sp³-hybridized carbons (Fsp3) is 0.818. The van der Waals surface area contributed by atoms with Crippen LogP contribution in [-0.2, 0) is 27.9 Å². The Hall–Kier alpha value is -2.03. The van der Waals surface area contributed by atoms with Crippen molar-refractivity contribution in [3.05, 3.63) is 48.6 Å². The zero-order valence-corrected chi connectivity index (χ0v) is 44.1. The third-order valence-electron chi connectivity index (χ3n) is 11.8. The molecular formula is C55H104N2O7P+. The second kappa shape index (κ2) is 45.7. The summed E-state index contributed by atoms with van der Waals surface area (Å²) in [7, 11) is 1.48. The van der Waals surface area contributed by atoms with Crippen LogP contribution in [0.1, 0.15) is 239 Å². The lowest BCUT2D eigenvalue weighted by molar-refractivity contribution is -0.870. The topological polar surface area (TPSA) is 111 Å². The third-order valence-corrected chi connectivity index (χ3v) is 12.7. The fourth-order valence-electron chi connectivity index (χ4n) is 7.56. The summed E-state index contributed by atoms with van der Waals surface area (Å²) in [4.78, 5) is 37.4. The van der Waals surface area contributed by atoms with E-state index in [9.17, 15) is 19.0 Å². The van der Waals surface area contributed by atoms with Crippen LogP contribution in [-0.4, -0.2) is 74.3 Å². The molecule has 10 heteroatoms. The van der Waals surface area contributed by atoms with E-state index in [0.717, 1.165) is 96.3 Å². The van der Waals surface area contributed by atoms with E-state index in [-0.39, 0.29) is 31.5 Å². The molecule has 1 amide bonds. The number of nitrogens with zero attached hydrogens (tertiary/aromatic N) is 1. The summed E-state index contributed by atoms with van der Waals surface area (Å²) in [6.07, 6.45) is 53.9. The van der Waals surface area contributed by atoms with Gasteiger partial charge in [0, 0.05) is 12.8 Å². The maximum absolute atomic E-state index is 13.4. The van der Waals surface area contributed by atoms with Crippen LogP contribution in [0.15, 0.2) is 48.6 Å². The molecule has 0 rings (SSSR count). The summed E-state index contributed by atoms with van der Waals surface area (Å²) in [6.45, 7) is 6.87. The number of amides is 1. The van der Waals surface area contributed by atoms with Gasteiger partial charge in [0.2, 0.25) is 5.91 Å². The molecular weight excluding hydrogens is 832 g/mol. The molecule has 0 bridgehead atoms. The Balaban J connectivity index is 5.44. The van der Waals surface area contributed by atoms with E-state index in [4.69, 9.17) is 13.8 Å². The number of allylic oxidation sites excluding steroid dienone is 7. The number of ether oxygens (including phenoxy) is 1. The van der Waals surface area contributed by atoms with Crippen molar-refractivity contribution in [2.45, 2.75) is 251 Å². The van der Waals surface area contributed by atoms with Crippen molar-refractivity contribution in [2.24, 2.45) is 0 Å². The zero-order valence-electron chi connectivity index (χ0n) is 43.2. The molecule has 0 aliphatic heterocycles. The lowest BCUT2D eigenvalue weighted by atomic mass is 10.0. The Morgan fingerprint density at radius 2 is 0.985 bits per heavy atom. The second-order valence-electron chi connectivity index (χ2n) is 19.4. The second-order valence-corrected chi connectivity index (χ2v) is 20.8. The van der Waals surface area contributed by atoms with Gasteiger partial charge in [0.15, 0.2) is 0 Å². The summed E-state index contributed by atoms with van der Waals surface area (Å²) < 4.78 is 30.5. The standard InChI is InChI=1S/C55H103N2O7P/c1-7-10-13-16-19-22-25-28-30-33-36-39-42-45-48-55(59)64-53(46-43-40-37-34-31-27-24-21-18-15-12-9-3)52(51-63-65(60,61)62-50-49-57(4,5)6)56-54(58)47-44-41-38-35-32-29-26-23-20-17-14-11-8-2/h10,13,19,22,29,32,43,46,52-53H,7-9,11-12,14-18,20-21,23-28,30-31,33-42,44-45,47-51H2,1-6H3,(H-,56,58,60,61)/p+1/b13-10+,22-19+,32-29-,46-43+. The number of nitrogens with one attached hydrogen (secondary N) is 1. The average Bonchev–Trinajstić information content (AvgIpc) is 3.26. The van der Waals surface area contributed by atoms with E-state index in [1.165, 1.54) is 109 Å². The first-order chi connectivity index (χ1) is 31.4. The number of carbonyl (C=O) groups excluding carboxylic acids is 2. The van der Waals surface area contributed by atoms with Crippen molar-refractivity contribution in [2.75, 3.05) is 40.9 Å². The summed E-state index contributed by atoms with van der Waals surface area (Å²) in [5.74, 6) is -0.533. The van der Waals surface area contributed by atoms with E-state index in [0.29, 0.717) is 17.4 Å². The van der Waals surface area contributed by atoms with Crippen molar-refractivity contribution in [3.8, 4) is 0 Å². The van der Waals surface area contributed by atoms with Crippen molar-refractivity contribution in [1.29, 1.82) is 0 Å². The molecule has 0 saturated carbocycles. The normalized spacial score (nSPS) is 14.3. The Morgan fingerprint density at radius 1 is 0.554 bits per heavy atom. The van der Waals surface area contributed by atoms with Crippen LogP contribution in [0, 0.1) is 0 Å². The molecule has 65 heavy (non-hydrogen) atoms. The van der Waals surface area contributed by atoms with Crippen LogP contribution in [0.4, 0.5) is 0 Å². The Labute approximate surface area is 401 Å². The van der Waals surface area contributed by atoms with Gasteiger partial charge in [0.25, 0.3) is 0 Å². The highest BCUT2D eigenvalue weighted by atomic mass is 31.2. The summed E-state index contributed by atoms with van der Waals surface area (Å²) in [6, 6.07) is -0.856. The lowest BCUT2D eigenvalue weighted by Gasteiger charge is -2.27. The van der Waals surface area contributed by atoms with Gasteiger partial charge in [-0.3, -0.25) is 18.6 Å². The SMILES string of the molecule is CC/C=C/C/C=C/CCCCCCCCCC(=O)OC(/C=C/CCCCCCCCCCCC)C(COP(=O)(O)OCC[N+](C)(C)C)NC(=O)CCCCC/C=C\CCCCCCCC. The average molecular weight is 936 g/mol. The molecule has 0 aromatic rings. The number of phosphoric acid groups is 1. The Kier molecular flexibility index (Phi) is 44.3. The zero-order chi connectivity index (χ0) is 48.0. The van der Waals surface area contributed by atoms with Crippen molar-refractivity contribution < 1.29 is 37.3 Å². The monoisotopic (exact) mass is 936 g/mol. The molecule has 0 aromatic heterocycles. The van der Waals surface area contributed by atoms with Gasteiger partial charge in [0.05, 0.1) is 33.8 Å². The maximum atomic E-state index is 13.4. The minimum Gasteiger partial charge on any atom is -0.456 e. The van der Waals surface area contributed by atoms with E-state index in [1.54, 1.807) is 0 Å². The first-order valence-electron chi connectivity index (χ1n) is 27.0. The van der Waals surface area contributed by atoms with Gasteiger partial charge in [-0.05, 0) is 83.1 Å². The Bertz CT molecular complexity index is 1260. The number of carbonyl (C=O) groups is 2. The first kappa shape index (κ1) is 63.0. The van der Waals surface area contributed by atoms with E-state index < -0.39 is 20.0 Å². The minimum atomic E-state index is -4.44. The van der Waals surface area contributed by atoms with Gasteiger partial charge in [-0.2, -0.15) is 0 Å². The predicted octanol–water partition coefficient (Wildman–Crippen LogP) is 15.8. The summed E-state index contributed by atoms with van der Waals surface area (Å²) in [5, 5.41) is 3.03. The molecule has 0 fully saturated rings. The molecule has 0 radical (unpaired) electrons. The first-order valence-corrected chi connectivity index (χ1v) is 28.5. The number of unbranched alkanes of at least 4 members (excludes halogenated alkanes) is 26. The number of hydrogen-bond donors (Lipinski definition) is 2. The number of quaternary nitrogens is 1. The predicted molar refractivity (Wildman–Crippen MR) is 277 cm³/mol. The molecule has 0 heterocycles. The van der Waals surface area contributed by atoms with Gasteiger partial charge in [0.1, 0.15) is 19.3 Å². The molecule has 9 nitrogen and oxygen atoms in total. The highest BCUT2D eigenvalue weighted by Gasteiger charge is 2.30. The van der Waals surface area contributed by atoms with Crippen LogP contribution in [0.3, 0.4) is 0 Å². The lowest BCUT2D eigenvalue weighted by Crippen LogP contribution is -2.47. The molecule has 3 atom stereocenters. The summed E-state index contributed by atoms with van der Waals surface area (Å²) >= 11 is 0. The van der Waals surface area contributed by atoms with Crippen molar-refractivity contribution >= 4 is 19.7 Å². The molecule has 0 aliphatic carbocycles. The van der Waals surface area contributed by atoms with E-state index in [1.807, 2.05) is 33.3 Å². The van der Waals surface area contributed by atoms with Crippen molar-refractivity contribution in [1.82, 2.24) is 5.32 Å². The largest absolute Gasteiger partial charge is 0.472 e. The quantitative estimate of drug-likeness (QED) is 0.0205. The van der Waals surface area contributed by atoms with E-state index in [2.05, 4.69) is 62.5 Å². The number of hydrogen-bond acceptors (Lipinski definition) is 6. The van der Waals surface area contributed by atoms with Gasteiger partial charge >= 0.3 is 13.8 Å². The number of esters is 1. The van der Waals surface area contributed by atoms with Crippen LogP contribution in [0.25, 0.3) is 0 Å². The van der Waals surface area contributed by atoms with Gasteiger partial charge in [-0.25, -0.2) is 4.57 Å². The molecule has 380 valence electrons. The number of likely N-dealkylation sites (N-methyl/N-ethyl adjacent to an activating group) is 1. The molecule has 0 aliphatic rings. The molecule has 3 unspecified atom stereocenters. The van der Waals surface area contributed by atoms with Crippen LogP contribution < -0.4 is 5.32 Å². The summed E-state index contributed by atoms with van der Waals surface area (Å²) in [5.41, 5.74) is 0. The van der Waals surface area contributed by atoms with Crippen LogP contribution in [0.2, 0.25) is 0 Å². The van der Waals surface area contributed by atoms with Crippen LogP contribution in [0.5, 0.6) is 0 Å².